The molecule has 2 nitrogen and oxygen atoms in total. The van der Waals surface area contributed by atoms with E-state index in [1.54, 1.807) is 6.07 Å². The van der Waals surface area contributed by atoms with Crippen LogP contribution in [0.15, 0.2) is 34.8 Å². The average molecular weight is 370 g/mol. The van der Waals surface area contributed by atoms with E-state index in [0.29, 0.717) is 10.9 Å². The molecule has 2 aromatic carbocycles. The lowest BCUT2D eigenvalue weighted by atomic mass is 10.1. The molecule has 0 radical (unpaired) electrons. The van der Waals surface area contributed by atoms with Gasteiger partial charge in [-0.1, -0.05) is 27.5 Å². The van der Waals surface area contributed by atoms with Gasteiger partial charge in [0, 0.05) is 15.9 Å². The number of aryl methyl sites for hydroxylation is 1. The smallest absolute Gasteiger partial charge is 0.164 e. The van der Waals surface area contributed by atoms with E-state index in [1.165, 1.54) is 6.07 Å². The van der Waals surface area contributed by atoms with Crippen molar-refractivity contribution in [2.75, 3.05) is 0 Å². The Bertz CT molecular complexity index is 868. The van der Waals surface area contributed by atoms with Gasteiger partial charge < -0.3 is 0 Å². The van der Waals surface area contributed by atoms with Gasteiger partial charge in [-0.3, -0.25) is 0 Å². The summed E-state index contributed by atoms with van der Waals surface area (Å²) in [5, 5.41) is 0.915. The van der Waals surface area contributed by atoms with Crippen molar-refractivity contribution in [2.24, 2.45) is 0 Å². The van der Waals surface area contributed by atoms with Gasteiger partial charge >= 0.3 is 0 Å². The molecular weight excluding hydrogens is 362 g/mol. The predicted octanol–water partition coefficient (Wildman–Crippen LogP) is 5.30. The third kappa shape index (κ3) is 2.51. The first kappa shape index (κ1) is 14.4. The fourth-order valence-electron chi connectivity index (χ4n) is 2.06. The van der Waals surface area contributed by atoms with Crippen LogP contribution in [0.3, 0.4) is 0 Å². The maximum atomic E-state index is 13.9. The van der Waals surface area contributed by atoms with E-state index in [1.807, 2.05) is 13.0 Å². The van der Waals surface area contributed by atoms with E-state index in [2.05, 4.69) is 25.9 Å². The molecule has 0 bridgehead atoms. The van der Waals surface area contributed by atoms with Crippen LogP contribution in [-0.2, 0) is 0 Å². The molecule has 1 aromatic heterocycles. The average Bonchev–Trinajstić information content (AvgIpc) is 2.43. The summed E-state index contributed by atoms with van der Waals surface area (Å²) < 4.78 is 27.7. The van der Waals surface area contributed by atoms with Crippen LogP contribution in [-0.4, -0.2) is 9.97 Å². The van der Waals surface area contributed by atoms with Crippen LogP contribution in [0.4, 0.5) is 8.78 Å². The first-order valence-corrected chi connectivity index (χ1v) is 7.22. The minimum Gasteiger partial charge on any atom is -0.227 e. The van der Waals surface area contributed by atoms with Crippen molar-refractivity contribution in [2.45, 2.75) is 6.92 Å². The summed E-state index contributed by atoms with van der Waals surface area (Å²) in [7, 11) is 0. The normalized spacial score (nSPS) is 11.1. The van der Waals surface area contributed by atoms with Gasteiger partial charge in [0.25, 0.3) is 0 Å². The molecule has 0 atom stereocenters. The number of hydrogen-bond donors (Lipinski definition) is 0. The largest absolute Gasteiger partial charge is 0.227 e. The molecule has 0 spiro atoms. The zero-order valence-corrected chi connectivity index (χ0v) is 13.1. The third-order valence-electron chi connectivity index (χ3n) is 3.18. The molecule has 0 unspecified atom stereocenters. The topological polar surface area (TPSA) is 25.8 Å². The molecule has 3 aromatic rings. The molecule has 0 amide bonds. The maximum absolute atomic E-state index is 13.9. The second kappa shape index (κ2) is 5.31. The molecule has 0 aliphatic carbocycles. The van der Waals surface area contributed by atoms with E-state index >= 15 is 0 Å². The van der Waals surface area contributed by atoms with Gasteiger partial charge in [-0.05, 0) is 36.8 Å². The molecule has 0 aliphatic rings. The van der Waals surface area contributed by atoms with Crippen LogP contribution < -0.4 is 0 Å². The van der Waals surface area contributed by atoms with Crippen molar-refractivity contribution in [3.8, 4) is 11.4 Å². The molecule has 6 heteroatoms. The van der Waals surface area contributed by atoms with Crippen molar-refractivity contribution in [3.05, 3.63) is 57.2 Å². The van der Waals surface area contributed by atoms with E-state index < -0.39 is 11.6 Å². The van der Waals surface area contributed by atoms with Gasteiger partial charge in [-0.2, -0.15) is 0 Å². The Morgan fingerprint density at radius 2 is 1.86 bits per heavy atom. The van der Waals surface area contributed by atoms with Gasteiger partial charge in [0.2, 0.25) is 0 Å². The Morgan fingerprint density at radius 1 is 1.10 bits per heavy atom. The Morgan fingerprint density at radius 3 is 2.57 bits per heavy atom. The van der Waals surface area contributed by atoms with E-state index in [9.17, 15) is 8.78 Å². The summed E-state index contributed by atoms with van der Waals surface area (Å²) >= 11 is 9.58. The van der Waals surface area contributed by atoms with Crippen LogP contribution >= 0.6 is 27.5 Å². The summed E-state index contributed by atoms with van der Waals surface area (Å²) in [6.45, 7) is 1.88. The lowest BCUT2D eigenvalue weighted by Crippen LogP contribution is -1.96. The van der Waals surface area contributed by atoms with Crippen LogP contribution in [0.25, 0.3) is 22.3 Å². The van der Waals surface area contributed by atoms with E-state index in [0.717, 1.165) is 22.2 Å². The maximum Gasteiger partial charge on any atom is 0.164 e. The highest BCUT2D eigenvalue weighted by Crippen LogP contribution is 2.31. The molecule has 106 valence electrons. The van der Waals surface area contributed by atoms with Crippen molar-refractivity contribution in [1.29, 1.82) is 0 Å². The number of aromatic nitrogens is 2. The zero-order chi connectivity index (χ0) is 15.1. The zero-order valence-electron chi connectivity index (χ0n) is 10.8. The predicted molar refractivity (Wildman–Crippen MR) is 82.3 cm³/mol. The van der Waals surface area contributed by atoms with Gasteiger partial charge in [0.1, 0.15) is 16.8 Å². The molecule has 21 heavy (non-hydrogen) atoms. The monoisotopic (exact) mass is 368 g/mol. The number of fused-ring (bicyclic) bond motifs is 1. The summed E-state index contributed by atoms with van der Waals surface area (Å²) in [6.07, 6.45) is 0. The molecule has 0 saturated carbocycles. The van der Waals surface area contributed by atoms with Crippen molar-refractivity contribution in [3.63, 3.8) is 0 Å². The molecule has 0 N–H and O–H groups in total. The lowest BCUT2D eigenvalue weighted by molar-refractivity contribution is 0.585. The number of halogens is 4. The first-order chi connectivity index (χ1) is 9.97. The van der Waals surface area contributed by atoms with Gasteiger partial charge in [-0.25, -0.2) is 18.7 Å². The number of benzene rings is 2. The second-order valence-corrected chi connectivity index (χ2v) is 5.74. The van der Waals surface area contributed by atoms with Gasteiger partial charge in [0.05, 0.1) is 11.1 Å². The van der Waals surface area contributed by atoms with Crippen LogP contribution in [0.5, 0.6) is 0 Å². The summed E-state index contributed by atoms with van der Waals surface area (Å²) in [5.74, 6) is -1.24. The molecule has 1 heterocycles. The van der Waals surface area contributed by atoms with Crippen molar-refractivity contribution in [1.82, 2.24) is 9.97 Å². The summed E-state index contributed by atoms with van der Waals surface area (Å²) in [6, 6.07) is 6.90. The molecule has 0 saturated heterocycles. The van der Waals surface area contributed by atoms with Crippen molar-refractivity contribution >= 4 is 38.4 Å². The van der Waals surface area contributed by atoms with Crippen LogP contribution in [0.1, 0.15) is 5.56 Å². The van der Waals surface area contributed by atoms with Gasteiger partial charge in [0.15, 0.2) is 5.82 Å². The molecule has 3 rings (SSSR count). The Kier molecular flexibility index (Phi) is 3.63. The Hall–Kier alpha value is -1.59. The SMILES string of the molecule is Cc1c(Br)ccc2c(Cl)nc(-c3ccc(F)cc3F)nc12. The Balaban J connectivity index is 2.31. The first-order valence-electron chi connectivity index (χ1n) is 6.05. The van der Waals surface area contributed by atoms with E-state index in [4.69, 9.17) is 11.6 Å². The van der Waals surface area contributed by atoms with Crippen LogP contribution in [0.2, 0.25) is 5.15 Å². The fraction of sp³-hybridized carbons (Fsp3) is 0.0667. The number of rotatable bonds is 1. The Labute approximate surface area is 132 Å². The number of nitrogens with zero attached hydrogens (tertiary/aromatic N) is 2. The highest BCUT2D eigenvalue weighted by Gasteiger charge is 2.14. The minimum absolute atomic E-state index is 0.111. The molecule has 0 aliphatic heterocycles. The summed E-state index contributed by atoms with van der Waals surface area (Å²) in [5.41, 5.74) is 1.61. The minimum atomic E-state index is -0.724. The molecular formula is C15H8BrClF2N2. The van der Waals surface area contributed by atoms with E-state index in [-0.39, 0.29) is 16.5 Å². The fourth-order valence-corrected chi connectivity index (χ4v) is 2.61. The molecule has 0 fully saturated rings. The third-order valence-corrected chi connectivity index (χ3v) is 4.33. The summed E-state index contributed by atoms with van der Waals surface area (Å²) in [4.78, 5) is 8.48. The highest BCUT2D eigenvalue weighted by molar-refractivity contribution is 9.10. The second-order valence-electron chi connectivity index (χ2n) is 4.53. The lowest BCUT2D eigenvalue weighted by Gasteiger charge is -2.08. The highest BCUT2D eigenvalue weighted by atomic mass is 79.9. The van der Waals surface area contributed by atoms with Gasteiger partial charge in [-0.15, -0.1) is 0 Å². The van der Waals surface area contributed by atoms with Crippen LogP contribution in [0, 0.1) is 18.6 Å². The quantitative estimate of drug-likeness (QED) is 0.544. The van der Waals surface area contributed by atoms with Crippen molar-refractivity contribution < 1.29 is 8.78 Å². The standard InChI is InChI=1S/C15H8BrClF2N2/c1-7-11(16)5-4-10-13(7)20-15(21-14(10)17)9-3-2-8(18)6-12(9)19/h2-6H,1H3. The number of hydrogen-bond acceptors (Lipinski definition) is 2.